The van der Waals surface area contributed by atoms with Gasteiger partial charge in [0.2, 0.25) is 18.1 Å². The molecule has 0 saturated carbocycles. The summed E-state index contributed by atoms with van der Waals surface area (Å²) in [7, 11) is 1.99. The van der Waals surface area contributed by atoms with Gasteiger partial charge in [0.15, 0.2) is 0 Å². The van der Waals surface area contributed by atoms with Crippen LogP contribution >= 0.6 is 0 Å². The number of cyclic esters (lactones) is 1. The average molecular weight is 427 g/mol. The lowest BCUT2D eigenvalue weighted by Crippen LogP contribution is -2.47. The monoisotopic (exact) mass is 426 g/mol. The summed E-state index contributed by atoms with van der Waals surface area (Å²) in [5.41, 5.74) is 1.24. The number of esters is 1. The number of rotatable bonds is 7. The first-order valence-corrected chi connectivity index (χ1v) is 11.0. The molecule has 0 radical (unpaired) electrons. The molecule has 2 amide bonds. The Balaban J connectivity index is 1.60. The molecule has 7 nitrogen and oxygen atoms in total. The van der Waals surface area contributed by atoms with Crippen molar-refractivity contribution in [3.05, 3.63) is 36.0 Å². The van der Waals surface area contributed by atoms with Crippen molar-refractivity contribution in [2.45, 2.75) is 46.3 Å². The number of likely N-dealkylation sites (tertiary alicyclic amines) is 1. The van der Waals surface area contributed by atoms with E-state index in [-0.39, 0.29) is 36.5 Å². The quantitative estimate of drug-likeness (QED) is 0.502. The van der Waals surface area contributed by atoms with Gasteiger partial charge in [-0.15, -0.1) is 0 Å². The molecule has 7 heteroatoms. The first-order chi connectivity index (χ1) is 14.8. The summed E-state index contributed by atoms with van der Waals surface area (Å²) in [6.07, 6.45) is 2.04. The Hall–Kier alpha value is -2.67. The molecule has 3 unspecified atom stereocenters. The van der Waals surface area contributed by atoms with Gasteiger partial charge in [-0.1, -0.05) is 32.0 Å². The van der Waals surface area contributed by atoms with Crippen LogP contribution in [0.25, 0.3) is 10.9 Å². The topological polar surface area (TPSA) is 77.8 Å². The molecule has 0 spiro atoms. The first-order valence-electron chi connectivity index (χ1n) is 11.0. The number of benzene rings is 1. The van der Waals surface area contributed by atoms with E-state index in [0.29, 0.717) is 19.6 Å². The van der Waals surface area contributed by atoms with Gasteiger partial charge in [0.25, 0.3) is 0 Å². The third-order valence-electron chi connectivity index (χ3n) is 6.96. The number of carbonyl (C=O) groups excluding carboxylic acids is 3. The predicted molar refractivity (Wildman–Crippen MR) is 115 cm³/mol. The highest BCUT2D eigenvalue weighted by Gasteiger charge is 2.62. The summed E-state index contributed by atoms with van der Waals surface area (Å²) >= 11 is 0. The Bertz CT molecular complexity index is 1030. The predicted octanol–water partition coefficient (Wildman–Crippen LogP) is 3.05. The van der Waals surface area contributed by atoms with Crippen LogP contribution in [0.4, 0.5) is 0 Å². The van der Waals surface area contributed by atoms with E-state index in [1.54, 1.807) is 0 Å². The highest BCUT2D eigenvalue weighted by molar-refractivity contribution is 6.06. The van der Waals surface area contributed by atoms with E-state index >= 15 is 0 Å². The number of imide groups is 1. The molecule has 0 N–H and O–H groups in total. The lowest BCUT2D eigenvalue weighted by atomic mass is 9.65. The Morgan fingerprint density at radius 1 is 1.23 bits per heavy atom. The molecule has 2 saturated heterocycles. The van der Waals surface area contributed by atoms with Gasteiger partial charge in [0.1, 0.15) is 0 Å². The zero-order valence-corrected chi connectivity index (χ0v) is 18.6. The number of ether oxygens (including phenoxy) is 2. The van der Waals surface area contributed by atoms with Gasteiger partial charge in [-0.05, 0) is 30.9 Å². The largest absolute Gasteiger partial charge is 0.435 e. The lowest BCUT2D eigenvalue weighted by molar-refractivity contribution is -0.178. The highest BCUT2D eigenvalue weighted by Crippen LogP contribution is 2.51. The standard InChI is InChI=1S/C24H30N2O5/c1-5-30-22-18(12-21(28)31-22)24(15(2)3)13-20(27)26(23(24)29)11-10-16-14-25(4)19-9-7-6-8-17(16)19/h6-9,14-15,18,22H,5,10-13H2,1-4H3. The zero-order valence-electron chi connectivity index (χ0n) is 18.6. The van der Waals surface area contributed by atoms with Gasteiger partial charge in [0.05, 0.1) is 11.8 Å². The zero-order chi connectivity index (χ0) is 22.3. The van der Waals surface area contributed by atoms with E-state index < -0.39 is 17.6 Å². The van der Waals surface area contributed by atoms with Crippen molar-refractivity contribution in [2.75, 3.05) is 13.2 Å². The van der Waals surface area contributed by atoms with Crippen LogP contribution in [0.3, 0.4) is 0 Å². The van der Waals surface area contributed by atoms with E-state index in [9.17, 15) is 14.4 Å². The number of hydrogen-bond donors (Lipinski definition) is 0. The van der Waals surface area contributed by atoms with Crippen LogP contribution in [0.1, 0.15) is 39.2 Å². The summed E-state index contributed by atoms with van der Waals surface area (Å²) in [6.45, 7) is 6.39. The van der Waals surface area contributed by atoms with Gasteiger partial charge < -0.3 is 14.0 Å². The molecule has 0 aliphatic carbocycles. The molecule has 31 heavy (non-hydrogen) atoms. The Kier molecular flexibility index (Phi) is 5.64. The number of nitrogens with zero attached hydrogens (tertiary/aromatic N) is 2. The maximum absolute atomic E-state index is 13.7. The molecule has 4 rings (SSSR count). The van der Waals surface area contributed by atoms with Crippen molar-refractivity contribution >= 4 is 28.7 Å². The molecule has 1 aromatic heterocycles. The van der Waals surface area contributed by atoms with Crippen LogP contribution in [0.5, 0.6) is 0 Å². The van der Waals surface area contributed by atoms with Gasteiger partial charge >= 0.3 is 5.97 Å². The third-order valence-corrected chi connectivity index (χ3v) is 6.96. The fourth-order valence-corrected chi connectivity index (χ4v) is 5.31. The van der Waals surface area contributed by atoms with E-state index in [1.807, 2.05) is 40.0 Å². The Labute approximate surface area is 182 Å². The number of para-hydroxylation sites is 1. The summed E-state index contributed by atoms with van der Waals surface area (Å²) < 4.78 is 13.1. The smallest absolute Gasteiger partial charge is 0.308 e. The summed E-state index contributed by atoms with van der Waals surface area (Å²) in [5.74, 6) is -1.36. The first kappa shape index (κ1) is 21.6. The molecule has 2 aliphatic heterocycles. The normalized spacial score (nSPS) is 26.5. The van der Waals surface area contributed by atoms with Crippen LogP contribution < -0.4 is 0 Å². The van der Waals surface area contributed by atoms with Crippen molar-refractivity contribution in [3.63, 3.8) is 0 Å². The maximum Gasteiger partial charge on any atom is 0.308 e. The van der Waals surface area contributed by atoms with Crippen LogP contribution in [-0.4, -0.2) is 46.7 Å². The molecule has 3 atom stereocenters. The number of aryl methyl sites for hydroxylation is 1. The van der Waals surface area contributed by atoms with Gasteiger partial charge in [-0.2, -0.15) is 0 Å². The number of carbonyl (C=O) groups is 3. The maximum atomic E-state index is 13.7. The number of aromatic nitrogens is 1. The summed E-state index contributed by atoms with van der Waals surface area (Å²) in [5, 5.41) is 1.13. The van der Waals surface area contributed by atoms with E-state index in [2.05, 4.69) is 22.9 Å². The third kappa shape index (κ3) is 3.45. The summed E-state index contributed by atoms with van der Waals surface area (Å²) in [6, 6.07) is 8.10. The molecule has 0 bridgehead atoms. The molecule has 3 heterocycles. The Morgan fingerprint density at radius 3 is 2.68 bits per heavy atom. The molecule has 2 aliphatic rings. The molecule has 2 aromatic rings. The number of hydrogen-bond acceptors (Lipinski definition) is 5. The molecule has 1 aromatic carbocycles. The fourth-order valence-electron chi connectivity index (χ4n) is 5.31. The molecular weight excluding hydrogens is 396 g/mol. The van der Waals surface area contributed by atoms with Crippen LogP contribution in [0.2, 0.25) is 0 Å². The second-order valence-corrected chi connectivity index (χ2v) is 8.88. The fraction of sp³-hybridized carbons (Fsp3) is 0.542. The second-order valence-electron chi connectivity index (χ2n) is 8.88. The van der Waals surface area contributed by atoms with E-state index in [0.717, 1.165) is 16.5 Å². The van der Waals surface area contributed by atoms with Gasteiger partial charge in [0, 0.05) is 49.6 Å². The molecule has 2 fully saturated rings. The SMILES string of the molecule is CCOC1OC(=O)CC1C1(C(C)C)CC(=O)N(CCc2cn(C)c3ccccc23)C1=O. The number of amides is 2. The van der Waals surface area contributed by atoms with Gasteiger partial charge in [-0.25, -0.2) is 0 Å². The minimum atomic E-state index is -0.984. The van der Waals surface area contributed by atoms with Crippen LogP contribution in [0, 0.1) is 17.3 Å². The van der Waals surface area contributed by atoms with Crippen LogP contribution in [-0.2, 0) is 37.3 Å². The molecule has 166 valence electrons. The van der Waals surface area contributed by atoms with Gasteiger partial charge in [-0.3, -0.25) is 19.3 Å². The minimum Gasteiger partial charge on any atom is -0.435 e. The summed E-state index contributed by atoms with van der Waals surface area (Å²) in [4.78, 5) is 40.2. The average Bonchev–Trinajstić information content (AvgIpc) is 3.34. The van der Waals surface area contributed by atoms with Crippen molar-refractivity contribution in [3.8, 4) is 0 Å². The Morgan fingerprint density at radius 2 is 1.97 bits per heavy atom. The molecular formula is C24H30N2O5. The van der Waals surface area contributed by atoms with Crippen LogP contribution in [0.15, 0.2) is 30.5 Å². The second kappa shape index (κ2) is 8.11. The highest BCUT2D eigenvalue weighted by atomic mass is 16.7. The number of fused-ring (bicyclic) bond motifs is 1. The van der Waals surface area contributed by atoms with Crippen molar-refractivity contribution < 1.29 is 23.9 Å². The van der Waals surface area contributed by atoms with Crippen molar-refractivity contribution in [2.24, 2.45) is 24.3 Å². The lowest BCUT2D eigenvalue weighted by Gasteiger charge is -2.37. The van der Waals surface area contributed by atoms with Crippen molar-refractivity contribution in [1.82, 2.24) is 9.47 Å². The van der Waals surface area contributed by atoms with E-state index in [1.165, 1.54) is 4.90 Å². The van der Waals surface area contributed by atoms with Crippen molar-refractivity contribution in [1.29, 1.82) is 0 Å². The minimum absolute atomic E-state index is 0.0872. The van der Waals surface area contributed by atoms with E-state index in [4.69, 9.17) is 9.47 Å².